The standard InChI is InChI=1S/C21H37N3O5S/c1-21(2,3)18(20(25)26)16(13-9-12-15-10-7-6-8-11-15)19-22-17(23-29-19)14-24(4)30(5,27)28/h15-16,18H,6-14H2,1-5H3,(H,25,26)/t16-,18?/m1/s1. The van der Waals surface area contributed by atoms with Crippen LogP contribution in [0.5, 0.6) is 0 Å². The molecule has 1 fully saturated rings. The van der Waals surface area contributed by atoms with Crippen LogP contribution in [0.25, 0.3) is 0 Å². The normalized spacial score (nSPS) is 18.5. The first-order chi connectivity index (χ1) is 13.9. The van der Waals surface area contributed by atoms with Crippen LogP contribution in [0.2, 0.25) is 0 Å². The first-order valence-corrected chi connectivity index (χ1v) is 12.7. The maximum absolute atomic E-state index is 12.2. The van der Waals surface area contributed by atoms with Crippen LogP contribution in [-0.2, 0) is 21.4 Å². The highest BCUT2D eigenvalue weighted by molar-refractivity contribution is 7.88. The summed E-state index contributed by atoms with van der Waals surface area (Å²) >= 11 is 0. The van der Waals surface area contributed by atoms with Gasteiger partial charge in [-0.25, -0.2) is 8.42 Å². The molecule has 2 atom stereocenters. The zero-order valence-electron chi connectivity index (χ0n) is 18.9. The molecular weight excluding hydrogens is 406 g/mol. The lowest BCUT2D eigenvalue weighted by molar-refractivity contribution is -0.147. The van der Waals surface area contributed by atoms with Gasteiger partial charge in [-0.3, -0.25) is 4.79 Å². The molecule has 0 aromatic carbocycles. The predicted molar refractivity (Wildman–Crippen MR) is 114 cm³/mol. The summed E-state index contributed by atoms with van der Waals surface area (Å²) in [5.41, 5.74) is -0.487. The molecule has 0 saturated heterocycles. The number of carboxylic acids is 1. The van der Waals surface area contributed by atoms with E-state index in [0.717, 1.165) is 29.3 Å². The summed E-state index contributed by atoms with van der Waals surface area (Å²) in [6.07, 6.45) is 10.2. The van der Waals surface area contributed by atoms with Crippen molar-refractivity contribution in [3.05, 3.63) is 11.7 Å². The van der Waals surface area contributed by atoms with Crippen molar-refractivity contribution in [2.45, 2.75) is 84.6 Å². The molecule has 1 N–H and O–H groups in total. The van der Waals surface area contributed by atoms with Crippen molar-refractivity contribution in [1.29, 1.82) is 0 Å². The van der Waals surface area contributed by atoms with Crippen molar-refractivity contribution in [1.82, 2.24) is 14.4 Å². The van der Waals surface area contributed by atoms with E-state index in [2.05, 4.69) is 10.1 Å². The Balaban J connectivity index is 2.19. The second-order valence-electron chi connectivity index (χ2n) is 9.79. The van der Waals surface area contributed by atoms with Crippen LogP contribution in [0.1, 0.15) is 89.8 Å². The van der Waals surface area contributed by atoms with Gasteiger partial charge in [-0.05, 0) is 17.8 Å². The van der Waals surface area contributed by atoms with E-state index in [1.807, 2.05) is 20.8 Å². The van der Waals surface area contributed by atoms with Crippen molar-refractivity contribution < 1.29 is 22.8 Å². The molecule has 9 heteroatoms. The Morgan fingerprint density at radius 2 is 1.90 bits per heavy atom. The number of hydrogen-bond donors (Lipinski definition) is 1. The Kier molecular flexibility index (Phi) is 8.44. The molecule has 1 heterocycles. The Labute approximate surface area is 180 Å². The van der Waals surface area contributed by atoms with Gasteiger partial charge in [0.2, 0.25) is 15.9 Å². The molecule has 172 valence electrons. The van der Waals surface area contributed by atoms with Gasteiger partial charge in [0.25, 0.3) is 0 Å². The van der Waals surface area contributed by atoms with Crippen LogP contribution in [0.15, 0.2) is 4.52 Å². The van der Waals surface area contributed by atoms with Gasteiger partial charge in [0.1, 0.15) is 0 Å². The van der Waals surface area contributed by atoms with E-state index in [0.29, 0.717) is 6.42 Å². The highest BCUT2D eigenvalue weighted by Gasteiger charge is 2.41. The van der Waals surface area contributed by atoms with E-state index in [4.69, 9.17) is 4.52 Å². The lowest BCUT2D eigenvalue weighted by Crippen LogP contribution is -2.34. The number of rotatable bonds is 10. The average Bonchev–Trinajstić information content (AvgIpc) is 3.07. The average molecular weight is 444 g/mol. The Hall–Kier alpha value is -1.48. The Morgan fingerprint density at radius 3 is 2.43 bits per heavy atom. The number of carbonyl (C=O) groups is 1. The zero-order valence-corrected chi connectivity index (χ0v) is 19.7. The molecule has 2 rings (SSSR count). The van der Waals surface area contributed by atoms with Crippen LogP contribution in [0, 0.1) is 17.3 Å². The van der Waals surface area contributed by atoms with E-state index in [9.17, 15) is 18.3 Å². The van der Waals surface area contributed by atoms with Gasteiger partial charge >= 0.3 is 5.97 Å². The third kappa shape index (κ3) is 7.04. The fourth-order valence-electron chi connectivity index (χ4n) is 4.48. The molecule has 0 bridgehead atoms. The second kappa shape index (κ2) is 10.2. The van der Waals surface area contributed by atoms with Crippen molar-refractivity contribution in [3.8, 4) is 0 Å². The van der Waals surface area contributed by atoms with Crippen LogP contribution < -0.4 is 0 Å². The van der Waals surface area contributed by atoms with Gasteiger partial charge in [0.05, 0.1) is 24.6 Å². The minimum Gasteiger partial charge on any atom is -0.481 e. The maximum Gasteiger partial charge on any atom is 0.307 e. The summed E-state index contributed by atoms with van der Waals surface area (Å²) in [6, 6.07) is 0. The monoisotopic (exact) mass is 443 g/mol. The molecule has 0 aliphatic heterocycles. The lowest BCUT2D eigenvalue weighted by Gasteiger charge is -2.32. The van der Waals surface area contributed by atoms with Crippen LogP contribution in [0.4, 0.5) is 0 Å². The topological polar surface area (TPSA) is 114 Å². The van der Waals surface area contributed by atoms with E-state index < -0.39 is 33.2 Å². The molecule has 30 heavy (non-hydrogen) atoms. The summed E-state index contributed by atoms with van der Waals surface area (Å²) < 4.78 is 29.9. The Bertz CT molecular complexity index is 794. The molecule has 1 aliphatic rings. The third-order valence-electron chi connectivity index (χ3n) is 6.18. The van der Waals surface area contributed by atoms with Crippen molar-refractivity contribution >= 4 is 16.0 Å². The van der Waals surface area contributed by atoms with Crippen LogP contribution in [0.3, 0.4) is 0 Å². The smallest absolute Gasteiger partial charge is 0.307 e. The second-order valence-corrected chi connectivity index (χ2v) is 11.9. The first kappa shape index (κ1) is 24.8. The number of sulfonamides is 1. The zero-order chi connectivity index (χ0) is 22.5. The number of hydrogen-bond acceptors (Lipinski definition) is 6. The molecule has 1 saturated carbocycles. The van der Waals surface area contributed by atoms with Crippen LogP contribution >= 0.6 is 0 Å². The van der Waals surface area contributed by atoms with E-state index in [1.54, 1.807) is 0 Å². The summed E-state index contributed by atoms with van der Waals surface area (Å²) in [5.74, 6) is -0.705. The summed E-state index contributed by atoms with van der Waals surface area (Å²) in [5, 5.41) is 13.9. The molecule has 0 spiro atoms. The number of aromatic nitrogens is 2. The molecule has 1 aromatic heterocycles. The molecule has 8 nitrogen and oxygen atoms in total. The molecule has 1 unspecified atom stereocenters. The summed E-state index contributed by atoms with van der Waals surface area (Å²) in [4.78, 5) is 16.6. The van der Waals surface area contributed by atoms with Crippen molar-refractivity contribution in [3.63, 3.8) is 0 Å². The molecule has 0 amide bonds. The summed E-state index contributed by atoms with van der Waals surface area (Å²) in [7, 11) is -1.93. The van der Waals surface area contributed by atoms with Crippen molar-refractivity contribution in [2.24, 2.45) is 17.3 Å². The Morgan fingerprint density at radius 1 is 1.27 bits per heavy atom. The number of carboxylic acid groups (broad SMARTS) is 1. The fraction of sp³-hybridized carbons (Fsp3) is 0.857. The van der Waals surface area contributed by atoms with Crippen molar-refractivity contribution in [2.75, 3.05) is 13.3 Å². The van der Waals surface area contributed by atoms with E-state index >= 15 is 0 Å². The number of nitrogens with zero attached hydrogens (tertiary/aromatic N) is 3. The molecule has 1 aromatic rings. The predicted octanol–water partition coefficient (Wildman–Crippen LogP) is 4.04. The van der Waals surface area contributed by atoms with Gasteiger partial charge in [-0.2, -0.15) is 9.29 Å². The highest BCUT2D eigenvalue weighted by Crippen LogP contribution is 2.41. The van der Waals surface area contributed by atoms with E-state index in [1.165, 1.54) is 39.2 Å². The largest absolute Gasteiger partial charge is 0.481 e. The minimum absolute atomic E-state index is 0.00954. The summed E-state index contributed by atoms with van der Waals surface area (Å²) in [6.45, 7) is 5.72. The van der Waals surface area contributed by atoms with Gasteiger partial charge < -0.3 is 9.63 Å². The maximum atomic E-state index is 12.2. The van der Waals surface area contributed by atoms with Gasteiger partial charge in [0.15, 0.2) is 5.82 Å². The van der Waals surface area contributed by atoms with E-state index in [-0.39, 0.29) is 18.3 Å². The SMILES string of the molecule is CN(Cc1noc([C@H](CCCC2CCCCC2)C(C(=O)O)C(C)(C)C)n1)S(C)(=O)=O. The number of aliphatic carboxylic acids is 1. The fourth-order valence-corrected chi connectivity index (χ4v) is 4.83. The van der Waals surface area contributed by atoms with Gasteiger partial charge in [-0.15, -0.1) is 0 Å². The van der Waals surface area contributed by atoms with Gasteiger partial charge in [0, 0.05) is 7.05 Å². The molecule has 1 aliphatic carbocycles. The van der Waals surface area contributed by atoms with Gasteiger partial charge in [-0.1, -0.05) is 70.9 Å². The first-order valence-electron chi connectivity index (χ1n) is 10.9. The highest BCUT2D eigenvalue weighted by atomic mass is 32.2. The third-order valence-corrected chi connectivity index (χ3v) is 7.45. The minimum atomic E-state index is -3.37. The lowest BCUT2D eigenvalue weighted by atomic mass is 9.71. The quantitative estimate of drug-likeness (QED) is 0.580. The van der Waals surface area contributed by atoms with Crippen LogP contribution in [-0.4, -0.2) is 47.2 Å². The molecular formula is C21H37N3O5S. The molecule has 0 radical (unpaired) electrons.